The first-order valence-corrected chi connectivity index (χ1v) is 5.58. The Labute approximate surface area is 91.2 Å². The monoisotopic (exact) mass is 212 g/mol. The van der Waals surface area contributed by atoms with Crippen molar-refractivity contribution < 1.29 is 14.3 Å². The SMILES string of the molecule is CCOC(=O)CC1C(=O)C[C@H](C)C1(C)C. The molecule has 0 aromatic carbocycles. The maximum absolute atomic E-state index is 11.7. The van der Waals surface area contributed by atoms with E-state index in [4.69, 9.17) is 4.74 Å². The molecule has 0 N–H and O–H groups in total. The van der Waals surface area contributed by atoms with Crippen LogP contribution in [0.1, 0.15) is 40.5 Å². The lowest BCUT2D eigenvalue weighted by molar-refractivity contribution is -0.147. The third kappa shape index (κ3) is 2.39. The molecular formula is C12H20O3. The molecule has 0 amide bonds. The van der Waals surface area contributed by atoms with Crippen LogP contribution < -0.4 is 0 Å². The fourth-order valence-corrected chi connectivity index (χ4v) is 2.23. The maximum atomic E-state index is 11.7. The lowest BCUT2D eigenvalue weighted by atomic mass is 9.75. The van der Waals surface area contributed by atoms with Gasteiger partial charge in [-0.1, -0.05) is 20.8 Å². The quantitative estimate of drug-likeness (QED) is 0.673. The van der Waals surface area contributed by atoms with Gasteiger partial charge in [0.25, 0.3) is 0 Å². The summed E-state index contributed by atoms with van der Waals surface area (Å²) in [6.07, 6.45) is 0.834. The van der Waals surface area contributed by atoms with E-state index in [1.165, 1.54) is 0 Å². The second kappa shape index (κ2) is 4.33. The molecule has 15 heavy (non-hydrogen) atoms. The van der Waals surface area contributed by atoms with Crippen molar-refractivity contribution in [3.63, 3.8) is 0 Å². The number of ketones is 1. The highest BCUT2D eigenvalue weighted by Gasteiger charge is 2.47. The minimum Gasteiger partial charge on any atom is -0.466 e. The fraction of sp³-hybridized carbons (Fsp3) is 0.833. The van der Waals surface area contributed by atoms with E-state index in [1.807, 2.05) is 0 Å². The summed E-state index contributed by atoms with van der Waals surface area (Å²) in [7, 11) is 0. The molecule has 0 aromatic heterocycles. The van der Waals surface area contributed by atoms with E-state index in [-0.39, 0.29) is 29.5 Å². The Kier molecular flexibility index (Phi) is 3.53. The zero-order valence-corrected chi connectivity index (χ0v) is 10.0. The van der Waals surface area contributed by atoms with Crippen LogP contribution in [0.3, 0.4) is 0 Å². The minimum atomic E-state index is -0.252. The van der Waals surface area contributed by atoms with Crippen LogP contribution in [-0.2, 0) is 14.3 Å². The van der Waals surface area contributed by atoms with Crippen molar-refractivity contribution in [2.75, 3.05) is 6.61 Å². The van der Waals surface area contributed by atoms with Crippen molar-refractivity contribution in [2.45, 2.75) is 40.5 Å². The first-order chi connectivity index (χ1) is 6.89. The molecule has 1 aliphatic carbocycles. The van der Waals surface area contributed by atoms with Crippen molar-refractivity contribution in [1.82, 2.24) is 0 Å². The molecule has 3 heteroatoms. The van der Waals surface area contributed by atoms with Gasteiger partial charge < -0.3 is 4.74 Å². The minimum absolute atomic E-state index is 0.0795. The predicted molar refractivity (Wildman–Crippen MR) is 57.3 cm³/mol. The van der Waals surface area contributed by atoms with Gasteiger partial charge in [0.05, 0.1) is 13.0 Å². The predicted octanol–water partition coefficient (Wildman–Crippen LogP) is 2.19. The Morgan fingerprint density at radius 3 is 2.53 bits per heavy atom. The molecule has 0 bridgehead atoms. The summed E-state index contributed by atoms with van der Waals surface area (Å²) in [4.78, 5) is 23.1. The number of hydrogen-bond donors (Lipinski definition) is 0. The van der Waals surface area contributed by atoms with E-state index in [0.717, 1.165) is 0 Å². The van der Waals surface area contributed by atoms with E-state index in [1.54, 1.807) is 6.92 Å². The Morgan fingerprint density at radius 2 is 2.13 bits per heavy atom. The number of esters is 1. The Balaban J connectivity index is 2.68. The summed E-state index contributed by atoms with van der Waals surface area (Å²) < 4.78 is 4.89. The van der Waals surface area contributed by atoms with Crippen molar-refractivity contribution in [2.24, 2.45) is 17.3 Å². The summed E-state index contributed by atoms with van der Waals surface area (Å²) in [5.74, 6) is 0.148. The fourth-order valence-electron chi connectivity index (χ4n) is 2.23. The van der Waals surface area contributed by atoms with Crippen molar-refractivity contribution >= 4 is 11.8 Å². The number of carbonyl (C=O) groups excluding carboxylic acids is 2. The number of Topliss-reactive ketones (excluding diaryl/α,β-unsaturated/α-hetero) is 1. The molecule has 1 rings (SSSR count). The highest BCUT2D eigenvalue weighted by molar-refractivity contribution is 5.88. The van der Waals surface area contributed by atoms with Crippen LogP contribution >= 0.6 is 0 Å². The van der Waals surface area contributed by atoms with Crippen LogP contribution in [0.4, 0.5) is 0 Å². The molecule has 0 spiro atoms. The van der Waals surface area contributed by atoms with E-state index in [9.17, 15) is 9.59 Å². The van der Waals surface area contributed by atoms with Gasteiger partial charge in [0, 0.05) is 12.3 Å². The largest absolute Gasteiger partial charge is 0.466 e. The Hall–Kier alpha value is -0.860. The molecule has 1 saturated carbocycles. The van der Waals surface area contributed by atoms with Crippen LogP contribution in [0.5, 0.6) is 0 Å². The summed E-state index contributed by atoms with van der Waals surface area (Å²) in [5.41, 5.74) is -0.0795. The molecule has 1 unspecified atom stereocenters. The molecule has 0 aromatic rings. The van der Waals surface area contributed by atoms with E-state index in [0.29, 0.717) is 18.9 Å². The van der Waals surface area contributed by atoms with Crippen LogP contribution in [0.2, 0.25) is 0 Å². The van der Waals surface area contributed by atoms with Gasteiger partial charge in [-0.2, -0.15) is 0 Å². The van der Waals surface area contributed by atoms with Gasteiger partial charge in [0.1, 0.15) is 5.78 Å². The Morgan fingerprint density at radius 1 is 1.53 bits per heavy atom. The molecule has 3 nitrogen and oxygen atoms in total. The second-order valence-corrected chi connectivity index (χ2v) is 4.95. The summed E-state index contributed by atoms with van der Waals surface area (Å²) >= 11 is 0. The summed E-state index contributed by atoms with van der Waals surface area (Å²) in [5, 5.41) is 0. The molecule has 1 fully saturated rings. The van der Waals surface area contributed by atoms with Crippen LogP contribution in [0.15, 0.2) is 0 Å². The zero-order chi connectivity index (χ0) is 11.6. The third-order valence-electron chi connectivity index (χ3n) is 3.74. The lowest BCUT2D eigenvalue weighted by Crippen LogP contribution is -2.28. The summed E-state index contributed by atoms with van der Waals surface area (Å²) in [6.45, 7) is 8.36. The topological polar surface area (TPSA) is 43.4 Å². The van der Waals surface area contributed by atoms with Crippen molar-refractivity contribution in [3.05, 3.63) is 0 Å². The van der Waals surface area contributed by atoms with Gasteiger partial charge in [-0.3, -0.25) is 9.59 Å². The maximum Gasteiger partial charge on any atom is 0.306 e. The second-order valence-electron chi connectivity index (χ2n) is 4.95. The van der Waals surface area contributed by atoms with Crippen molar-refractivity contribution in [3.8, 4) is 0 Å². The molecule has 0 saturated heterocycles. The smallest absolute Gasteiger partial charge is 0.306 e. The third-order valence-corrected chi connectivity index (χ3v) is 3.74. The van der Waals surface area contributed by atoms with Gasteiger partial charge >= 0.3 is 5.97 Å². The van der Waals surface area contributed by atoms with Gasteiger partial charge in [0.2, 0.25) is 0 Å². The van der Waals surface area contributed by atoms with E-state index < -0.39 is 0 Å². The van der Waals surface area contributed by atoms with Gasteiger partial charge in [0.15, 0.2) is 0 Å². The van der Waals surface area contributed by atoms with Crippen molar-refractivity contribution in [1.29, 1.82) is 0 Å². The molecule has 1 aliphatic rings. The number of hydrogen-bond acceptors (Lipinski definition) is 3. The first-order valence-electron chi connectivity index (χ1n) is 5.58. The van der Waals surface area contributed by atoms with Crippen LogP contribution in [0.25, 0.3) is 0 Å². The first kappa shape index (κ1) is 12.2. The number of carbonyl (C=O) groups is 2. The Bertz CT molecular complexity index is 268. The normalized spacial score (nSPS) is 29.2. The lowest BCUT2D eigenvalue weighted by Gasteiger charge is -2.29. The molecule has 0 heterocycles. The van der Waals surface area contributed by atoms with E-state index in [2.05, 4.69) is 20.8 Å². The number of rotatable bonds is 3. The average Bonchev–Trinajstić information content (AvgIpc) is 2.29. The van der Waals surface area contributed by atoms with E-state index >= 15 is 0 Å². The zero-order valence-electron chi connectivity index (χ0n) is 10.0. The standard InChI is InChI=1S/C12H20O3/c1-5-15-11(14)7-9-10(13)6-8(2)12(9,3)4/h8-9H,5-7H2,1-4H3/t8-,9?/m0/s1. The molecule has 2 atom stereocenters. The van der Waals surface area contributed by atoms with Gasteiger partial charge in [-0.05, 0) is 18.3 Å². The molecule has 0 radical (unpaired) electrons. The van der Waals surface area contributed by atoms with Crippen LogP contribution in [0, 0.1) is 17.3 Å². The van der Waals surface area contributed by atoms with Gasteiger partial charge in [-0.15, -0.1) is 0 Å². The highest BCUT2D eigenvalue weighted by atomic mass is 16.5. The van der Waals surface area contributed by atoms with Gasteiger partial charge in [-0.25, -0.2) is 0 Å². The molecule has 86 valence electrons. The molecular weight excluding hydrogens is 192 g/mol. The molecule has 0 aliphatic heterocycles. The number of ether oxygens (including phenoxy) is 1. The summed E-state index contributed by atoms with van der Waals surface area (Å²) in [6, 6.07) is 0. The average molecular weight is 212 g/mol. The van der Waals surface area contributed by atoms with Crippen LogP contribution in [-0.4, -0.2) is 18.4 Å². The highest BCUT2D eigenvalue weighted by Crippen LogP contribution is 2.46.